The number of aromatic nitrogens is 4. The molecule has 0 saturated heterocycles. The van der Waals surface area contributed by atoms with Crippen LogP contribution < -0.4 is 0 Å². The Bertz CT molecular complexity index is 747. The molecule has 3 rings (SSSR count). The molecular weight excluding hydrogens is 272 g/mol. The van der Waals surface area contributed by atoms with Crippen molar-refractivity contribution >= 4 is 11.6 Å². The SMILES string of the molecule is Cc1ccc(-c2cc(Cl)nc(-c3cnn(C)c3)n2)cc1. The quantitative estimate of drug-likeness (QED) is 0.677. The van der Waals surface area contributed by atoms with Gasteiger partial charge in [-0.1, -0.05) is 41.4 Å². The Balaban J connectivity index is 2.09. The van der Waals surface area contributed by atoms with Crippen LogP contribution in [0.3, 0.4) is 0 Å². The molecule has 0 aliphatic heterocycles. The number of halogens is 1. The molecular formula is C15H13ClN4. The fourth-order valence-electron chi connectivity index (χ4n) is 1.96. The molecule has 0 aliphatic rings. The zero-order valence-corrected chi connectivity index (χ0v) is 12.0. The molecule has 2 aromatic heterocycles. The van der Waals surface area contributed by atoms with Crippen LogP contribution in [0.15, 0.2) is 42.7 Å². The summed E-state index contributed by atoms with van der Waals surface area (Å²) < 4.78 is 1.71. The fourth-order valence-corrected chi connectivity index (χ4v) is 2.14. The van der Waals surface area contributed by atoms with Crippen molar-refractivity contribution in [1.29, 1.82) is 0 Å². The lowest BCUT2D eigenvalue weighted by atomic mass is 10.1. The molecule has 0 atom stereocenters. The minimum absolute atomic E-state index is 0.425. The molecule has 5 heteroatoms. The van der Waals surface area contributed by atoms with Crippen LogP contribution in [0.2, 0.25) is 5.15 Å². The summed E-state index contributed by atoms with van der Waals surface area (Å²) in [5.74, 6) is 0.584. The molecule has 0 radical (unpaired) electrons. The number of hydrogen-bond acceptors (Lipinski definition) is 3. The predicted molar refractivity (Wildman–Crippen MR) is 79.4 cm³/mol. The largest absolute Gasteiger partial charge is 0.275 e. The van der Waals surface area contributed by atoms with E-state index in [-0.39, 0.29) is 0 Å². The van der Waals surface area contributed by atoms with Gasteiger partial charge >= 0.3 is 0 Å². The first-order chi connectivity index (χ1) is 9.61. The molecule has 4 nitrogen and oxygen atoms in total. The predicted octanol–water partition coefficient (Wildman–Crippen LogP) is 3.51. The average Bonchev–Trinajstić information content (AvgIpc) is 2.85. The van der Waals surface area contributed by atoms with Crippen molar-refractivity contribution in [3.63, 3.8) is 0 Å². The van der Waals surface area contributed by atoms with Crippen LogP contribution in [-0.2, 0) is 7.05 Å². The Morgan fingerprint density at radius 3 is 2.45 bits per heavy atom. The van der Waals surface area contributed by atoms with Gasteiger partial charge in [0, 0.05) is 24.9 Å². The summed E-state index contributed by atoms with van der Waals surface area (Å²) in [6, 6.07) is 9.93. The Kier molecular flexibility index (Phi) is 3.24. The van der Waals surface area contributed by atoms with Gasteiger partial charge in [0.25, 0.3) is 0 Å². The van der Waals surface area contributed by atoms with E-state index in [4.69, 9.17) is 11.6 Å². The third-order valence-corrected chi connectivity index (χ3v) is 3.20. The van der Waals surface area contributed by atoms with Gasteiger partial charge < -0.3 is 0 Å². The highest BCUT2D eigenvalue weighted by atomic mass is 35.5. The molecule has 100 valence electrons. The van der Waals surface area contributed by atoms with Crippen molar-refractivity contribution in [2.24, 2.45) is 7.05 Å². The van der Waals surface area contributed by atoms with E-state index in [0.29, 0.717) is 11.0 Å². The smallest absolute Gasteiger partial charge is 0.164 e. The number of nitrogens with zero attached hydrogens (tertiary/aromatic N) is 4. The molecule has 0 aliphatic carbocycles. The summed E-state index contributed by atoms with van der Waals surface area (Å²) in [6.45, 7) is 2.05. The molecule has 20 heavy (non-hydrogen) atoms. The normalized spacial score (nSPS) is 10.8. The lowest BCUT2D eigenvalue weighted by Gasteiger charge is -2.04. The maximum Gasteiger partial charge on any atom is 0.164 e. The number of benzene rings is 1. The van der Waals surface area contributed by atoms with Crippen molar-refractivity contribution in [2.75, 3.05) is 0 Å². The average molecular weight is 285 g/mol. The monoisotopic (exact) mass is 284 g/mol. The van der Waals surface area contributed by atoms with E-state index >= 15 is 0 Å². The van der Waals surface area contributed by atoms with Crippen LogP contribution in [0, 0.1) is 6.92 Å². The summed E-state index contributed by atoms with van der Waals surface area (Å²) in [6.07, 6.45) is 3.59. The number of rotatable bonds is 2. The molecule has 2 heterocycles. The van der Waals surface area contributed by atoms with E-state index in [1.165, 1.54) is 5.56 Å². The van der Waals surface area contributed by atoms with Crippen LogP contribution in [0.25, 0.3) is 22.6 Å². The molecule has 0 bridgehead atoms. The van der Waals surface area contributed by atoms with Crippen molar-refractivity contribution in [3.8, 4) is 22.6 Å². The van der Waals surface area contributed by atoms with Gasteiger partial charge in [-0.05, 0) is 6.92 Å². The van der Waals surface area contributed by atoms with E-state index in [0.717, 1.165) is 16.8 Å². The van der Waals surface area contributed by atoms with Crippen molar-refractivity contribution < 1.29 is 0 Å². The molecule has 0 fully saturated rings. The second kappa shape index (κ2) is 5.06. The summed E-state index contributed by atoms with van der Waals surface area (Å²) in [5, 5.41) is 4.56. The van der Waals surface area contributed by atoms with Gasteiger partial charge in [-0.3, -0.25) is 4.68 Å². The van der Waals surface area contributed by atoms with Gasteiger partial charge in [0.05, 0.1) is 17.5 Å². The minimum atomic E-state index is 0.425. The second-order valence-electron chi connectivity index (χ2n) is 4.67. The molecule has 0 amide bonds. The van der Waals surface area contributed by atoms with Crippen molar-refractivity contribution in [1.82, 2.24) is 19.7 Å². The molecule has 0 unspecified atom stereocenters. The summed E-state index contributed by atoms with van der Waals surface area (Å²) in [4.78, 5) is 8.83. The van der Waals surface area contributed by atoms with E-state index in [9.17, 15) is 0 Å². The zero-order chi connectivity index (χ0) is 14.1. The standard InChI is InChI=1S/C15H13ClN4/c1-10-3-5-11(6-4-10)13-7-14(16)19-15(18-13)12-8-17-20(2)9-12/h3-9H,1-2H3. The summed E-state index contributed by atoms with van der Waals surface area (Å²) >= 11 is 6.11. The number of hydrogen-bond donors (Lipinski definition) is 0. The lowest BCUT2D eigenvalue weighted by Crippen LogP contribution is -1.92. The number of aryl methyl sites for hydroxylation is 2. The van der Waals surface area contributed by atoms with Gasteiger partial charge in [-0.15, -0.1) is 0 Å². The summed E-state index contributed by atoms with van der Waals surface area (Å²) in [5.41, 5.74) is 3.89. The van der Waals surface area contributed by atoms with Gasteiger partial charge in [0.2, 0.25) is 0 Å². The van der Waals surface area contributed by atoms with Gasteiger partial charge in [-0.25, -0.2) is 9.97 Å². The van der Waals surface area contributed by atoms with Crippen LogP contribution in [-0.4, -0.2) is 19.7 Å². The van der Waals surface area contributed by atoms with E-state index in [2.05, 4.69) is 34.1 Å². The van der Waals surface area contributed by atoms with Gasteiger partial charge in [0.15, 0.2) is 5.82 Å². The van der Waals surface area contributed by atoms with Crippen LogP contribution in [0.4, 0.5) is 0 Å². The summed E-state index contributed by atoms with van der Waals surface area (Å²) in [7, 11) is 1.86. The molecule has 3 aromatic rings. The third kappa shape index (κ3) is 2.56. The zero-order valence-electron chi connectivity index (χ0n) is 11.2. The Labute approximate surface area is 122 Å². The second-order valence-corrected chi connectivity index (χ2v) is 5.06. The molecule has 0 saturated carbocycles. The molecule has 0 spiro atoms. The first-order valence-corrected chi connectivity index (χ1v) is 6.60. The Morgan fingerprint density at radius 2 is 1.80 bits per heavy atom. The molecule has 1 aromatic carbocycles. The lowest BCUT2D eigenvalue weighted by molar-refractivity contribution is 0.768. The van der Waals surface area contributed by atoms with E-state index < -0.39 is 0 Å². The van der Waals surface area contributed by atoms with E-state index in [1.807, 2.05) is 25.4 Å². The topological polar surface area (TPSA) is 43.6 Å². The highest BCUT2D eigenvalue weighted by Crippen LogP contribution is 2.24. The van der Waals surface area contributed by atoms with Crippen molar-refractivity contribution in [3.05, 3.63) is 53.4 Å². The maximum atomic E-state index is 6.11. The van der Waals surface area contributed by atoms with Crippen molar-refractivity contribution in [2.45, 2.75) is 6.92 Å². The van der Waals surface area contributed by atoms with Crippen LogP contribution in [0.5, 0.6) is 0 Å². The van der Waals surface area contributed by atoms with Crippen LogP contribution in [0.1, 0.15) is 5.56 Å². The van der Waals surface area contributed by atoms with Crippen LogP contribution >= 0.6 is 11.6 Å². The van der Waals surface area contributed by atoms with E-state index in [1.54, 1.807) is 16.9 Å². The Hall–Kier alpha value is -2.20. The first kappa shape index (κ1) is 12.8. The highest BCUT2D eigenvalue weighted by Gasteiger charge is 2.09. The van der Waals surface area contributed by atoms with Gasteiger partial charge in [-0.2, -0.15) is 5.10 Å². The maximum absolute atomic E-state index is 6.11. The van der Waals surface area contributed by atoms with Gasteiger partial charge in [0.1, 0.15) is 5.15 Å². The third-order valence-electron chi connectivity index (χ3n) is 3.01. The fraction of sp³-hybridized carbons (Fsp3) is 0.133. The highest BCUT2D eigenvalue weighted by molar-refractivity contribution is 6.29. The minimum Gasteiger partial charge on any atom is -0.275 e. The molecule has 0 N–H and O–H groups in total. The Morgan fingerprint density at radius 1 is 1.05 bits per heavy atom. The first-order valence-electron chi connectivity index (χ1n) is 6.22.